The highest BCUT2D eigenvalue weighted by molar-refractivity contribution is 5.31. The molecule has 0 spiro atoms. The lowest BCUT2D eigenvalue weighted by atomic mass is 9.46. The lowest BCUT2D eigenvalue weighted by Crippen LogP contribution is -2.60. The molecular formula is C33H56O8. The summed E-state index contributed by atoms with van der Waals surface area (Å²) in [6.45, 7) is 11.3. The fraction of sp³-hybridized carbons (Fsp3) is 0.939. The number of ether oxygens (including phenoxy) is 2. The zero-order valence-corrected chi connectivity index (χ0v) is 25.8. The molecule has 0 aromatic heterocycles. The highest BCUT2D eigenvalue weighted by atomic mass is 16.7. The van der Waals surface area contributed by atoms with Crippen molar-refractivity contribution in [2.45, 2.75) is 142 Å². The molecule has 0 aromatic rings. The molecule has 14 atom stereocenters. The van der Waals surface area contributed by atoms with Crippen LogP contribution in [0.15, 0.2) is 11.3 Å². The van der Waals surface area contributed by atoms with Gasteiger partial charge >= 0.3 is 0 Å². The van der Waals surface area contributed by atoms with Gasteiger partial charge in [-0.25, -0.2) is 0 Å². The Hall–Kier alpha value is -0.740. The van der Waals surface area contributed by atoms with Gasteiger partial charge in [-0.3, -0.25) is 0 Å². The van der Waals surface area contributed by atoms with Gasteiger partial charge in [-0.2, -0.15) is 0 Å². The van der Waals surface area contributed by atoms with Crippen molar-refractivity contribution in [1.29, 1.82) is 0 Å². The molecule has 1 aliphatic heterocycles. The number of aliphatic hydroxyl groups excluding tert-OH is 6. The Bertz CT molecular complexity index is 952. The average molecular weight is 581 g/mol. The molecule has 41 heavy (non-hydrogen) atoms. The molecule has 8 nitrogen and oxygen atoms in total. The lowest BCUT2D eigenvalue weighted by molar-refractivity contribution is -0.313. The average Bonchev–Trinajstić information content (AvgIpc) is 3.29. The minimum atomic E-state index is -1.49. The highest BCUT2D eigenvalue weighted by Gasteiger charge is 2.63. The van der Waals surface area contributed by atoms with Gasteiger partial charge in [0.05, 0.1) is 12.7 Å². The Morgan fingerprint density at radius 1 is 0.902 bits per heavy atom. The van der Waals surface area contributed by atoms with Crippen LogP contribution in [-0.4, -0.2) is 80.2 Å². The Morgan fingerprint density at radius 2 is 1.63 bits per heavy atom. The molecule has 0 bridgehead atoms. The standard InChI is InChI=1S/C33H56O8/c1-17(2)7-6-8-18(3)20-9-10-21-25-22(12-14-32(20,21)4)33(5)13-11-19(15-23(33)26(35)28(25)37)40-31-30(39)29(38)27(36)24(16-34)41-31/h17-22,24-25,27-31,34-39H,6-16H2,1-5H3/t18-,19?,20-,21?,22?,24-,25?,27-,28?,29+,30-,31+,32-,33-/m1/s1. The molecule has 8 heteroatoms. The summed E-state index contributed by atoms with van der Waals surface area (Å²) in [5, 5.41) is 63.6. The van der Waals surface area contributed by atoms with E-state index in [-0.39, 0.29) is 28.6 Å². The molecule has 6 N–H and O–H groups in total. The summed E-state index contributed by atoms with van der Waals surface area (Å²) in [4.78, 5) is 0. The van der Waals surface area contributed by atoms with Crippen molar-refractivity contribution in [2.75, 3.05) is 6.61 Å². The smallest absolute Gasteiger partial charge is 0.186 e. The van der Waals surface area contributed by atoms with Crippen molar-refractivity contribution in [3.8, 4) is 0 Å². The van der Waals surface area contributed by atoms with Crippen LogP contribution in [0.3, 0.4) is 0 Å². The molecule has 236 valence electrons. The molecule has 0 aromatic carbocycles. The van der Waals surface area contributed by atoms with Crippen LogP contribution >= 0.6 is 0 Å². The third-order valence-electron chi connectivity index (χ3n) is 12.6. The van der Waals surface area contributed by atoms with Crippen molar-refractivity contribution in [3.05, 3.63) is 11.3 Å². The molecule has 0 radical (unpaired) electrons. The predicted octanol–water partition coefficient (Wildman–Crippen LogP) is 4.07. The van der Waals surface area contributed by atoms with Gasteiger partial charge in [0.15, 0.2) is 6.29 Å². The Labute approximate surface area is 246 Å². The van der Waals surface area contributed by atoms with Crippen LogP contribution in [0.2, 0.25) is 0 Å². The number of hydrogen-bond acceptors (Lipinski definition) is 8. The van der Waals surface area contributed by atoms with E-state index in [0.717, 1.165) is 30.8 Å². The molecule has 5 aliphatic rings. The van der Waals surface area contributed by atoms with Crippen LogP contribution in [0.5, 0.6) is 0 Å². The van der Waals surface area contributed by atoms with Crippen LogP contribution in [0, 0.1) is 46.3 Å². The number of hydrogen-bond donors (Lipinski definition) is 6. The molecule has 1 saturated heterocycles. The number of rotatable bonds is 8. The SMILES string of the molecule is CC(C)CCC[C@@H](C)[C@H]1CCC2C3C(O)C(O)=C4CC(O[C@H]5O[C@H](CO)[C@@H](O)[C@H](O)[C@H]5O)CC[C@]4(C)C3CC[C@@]21C. The second-order valence-electron chi connectivity index (χ2n) is 15.2. The summed E-state index contributed by atoms with van der Waals surface area (Å²) in [5.41, 5.74) is 0.815. The largest absolute Gasteiger partial charge is 0.510 e. The Kier molecular flexibility index (Phi) is 9.26. The van der Waals surface area contributed by atoms with Crippen LogP contribution in [-0.2, 0) is 9.47 Å². The summed E-state index contributed by atoms with van der Waals surface area (Å²) in [5.74, 6) is 2.93. The molecule has 5 unspecified atom stereocenters. The molecule has 4 fully saturated rings. The zero-order chi connectivity index (χ0) is 29.9. The first kappa shape index (κ1) is 31.7. The maximum atomic E-state index is 11.7. The number of fused-ring (bicyclic) bond motifs is 5. The third kappa shape index (κ3) is 5.42. The summed E-state index contributed by atoms with van der Waals surface area (Å²) >= 11 is 0. The van der Waals surface area contributed by atoms with E-state index in [1.165, 1.54) is 32.1 Å². The highest BCUT2D eigenvalue weighted by Crippen LogP contribution is 2.68. The van der Waals surface area contributed by atoms with Gasteiger partial charge in [0.25, 0.3) is 0 Å². The van der Waals surface area contributed by atoms with E-state index in [0.29, 0.717) is 36.5 Å². The van der Waals surface area contributed by atoms with Gasteiger partial charge in [0, 0.05) is 0 Å². The van der Waals surface area contributed by atoms with E-state index in [4.69, 9.17) is 9.47 Å². The van der Waals surface area contributed by atoms with Gasteiger partial charge in [0.2, 0.25) is 0 Å². The summed E-state index contributed by atoms with van der Waals surface area (Å²) < 4.78 is 11.7. The maximum absolute atomic E-state index is 11.7. The zero-order valence-electron chi connectivity index (χ0n) is 25.8. The van der Waals surface area contributed by atoms with Crippen LogP contribution in [0.4, 0.5) is 0 Å². The van der Waals surface area contributed by atoms with Gasteiger partial charge in [0.1, 0.15) is 36.3 Å². The van der Waals surface area contributed by atoms with Crippen molar-refractivity contribution >= 4 is 0 Å². The second-order valence-corrected chi connectivity index (χ2v) is 15.2. The Morgan fingerprint density at radius 3 is 2.32 bits per heavy atom. The van der Waals surface area contributed by atoms with E-state index in [9.17, 15) is 30.6 Å². The fourth-order valence-corrected chi connectivity index (χ4v) is 10.2. The van der Waals surface area contributed by atoms with Crippen molar-refractivity contribution < 1.29 is 40.1 Å². The van der Waals surface area contributed by atoms with Crippen LogP contribution in [0.25, 0.3) is 0 Å². The maximum Gasteiger partial charge on any atom is 0.186 e. The van der Waals surface area contributed by atoms with Crippen molar-refractivity contribution in [3.63, 3.8) is 0 Å². The van der Waals surface area contributed by atoms with Crippen molar-refractivity contribution in [2.24, 2.45) is 46.3 Å². The second kappa shape index (κ2) is 12.0. The predicted molar refractivity (Wildman–Crippen MR) is 155 cm³/mol. The monoisotopic (exact) mass is 580 g/mol. The molecular weight excluding hydrogens is 524 g/mol. The van der Waals surface area contributed by atoms with E-state index >= 15 is 0 Å². The minimum Gasteiger partial charge on any atom is -0.510 e. The first-order valence-electron chi connectivity index (χ1n) is 16.4. The summed E-state index contributed by atoms with van der Waals surface area (Å²) in [6.07, 6.45) is 2.40. The molecule has 3 saturated carbocycles. The molecule has 4 aliphatic carbocycles. The van der Waals surface area contributed by atoms with E-state index < -0.39 is 43.4 Å². The first-order chi connectivity index (χ1) is 19.3. The van der Waals surface area contributed by atoms with Gasteiger partial charge in [-0.1, -0.05) is 53.9 Å². The normalized spacial score (nSPS) is 49.0. The third-order valence-corrected chi connectivity index (χ3v) is 12.6. The summed E-state index contributed by atoms with van der Waals surface area (Å²) in [7, 11) is 0. The molecule has 0 amide bonds. The first-order valence-corrected chi connectivity index (χ1v) is 16.4. The van der Waals surface area contributed by atoms with Gasteiger partial charge < -0.3 is 40.1 Å². The lowest BCUT2D eigenvalue weighted by Gasteiger charge is -2.60. The van der Waals surface area contributed by atoms with Crippen molar-refractivity contribution in [1.82, 2.24) is 0 Å². The Balaban J connectivity index is 1.31. The molecule has 5 rings (SSSR count). The van der Waals surface area contributed by atoms with E-state index in [1.807, 2.05) is 0 Å². The van der Waals surface area contributed by atoms with Crippen LogP contribution < -0.4 is 0 Å². The topological polar surface area (TPSA) is 140 Å². The number of aliphatic hydroxyl groups is 6. The quantitative estimate of drug-likeness (QED) is 0.253. The van der Waals surface area contributed by atoms with Gasteiger partial charge in [-0.15, -0.1) is 0 Å². The fourth-order valence-electron chi connectivity index (χ4n) is 10.2. The van der Waals surface area contributed by atoms with Crippen LogP contribution in [0.1, 0.15) is 98.8 Å². The summed E-state index contributed by atoms with van der Waals surface area (Å²) in [6, 6.07) is 0. The molecule has 1 heterocycles. The van der Waals surface area contributed by atoms with E-state index in [2.05, 4.69) is 34.6 Å². The van der Waals surface area contributed by atoms with E-state index in [1.54, 1.807) is 0 Å². The minimum absolute atomic E-state index is 0.0540. The van der Waals surface area contributed by atoms with Gasteiger partial charge in [-0.05, 0) is 96.9 Å².